The average molecular weight is 244 g/mol. The van der Waals surface area contributed by atoms with E-state index in [9.17, 15) is 9.18 Å². The summed E-state index contributed by atoms with van der Waals surface area (Å²) in [5.74, 6) is -0.636. The van der Waals surface area contributed by atoms with Gasteiger partial charge in [-0.15, -0.1) is 0 Å². The highest BCUT2D eigenvalue weighted by atomic mass is 28.3. The third-order valence-corrected chi connectivity index (χ3v) is 3.84. The summed E-state index contributed by atoms with van der Waals surface area (Å²) in [5.41, 5.74) is -0.172. The Morgan fingerprint density at radius 2 is 2.25 bits per heavy atom. The number of hydrogen-bond acceptors (Lipinski definition) is 3. The van der Waals surface area contributed by atoms with E-state index in [-0.39, 0.29) is 12.4 Å². The second-order valence-corrected chi connectivity index (χ2v) is 10.5. The fourth-order valence-electron chi connectivity index (χ4n) is 1.09. The van der Waals surface area contributed by atoms with Crippen molar-refractivity contribution in [2.45, 2.75) is 32.4 Å². The molecule has 1 rings (SSSR count). The van der Waals surface area contributed by atoms with Gasteiger partial charge in [-0.25, -0.2) is 4.98 Å². The molecule has 90 valence electrons. The van der Waals surface area contributed by atoms with Gasteiger partial charge in [-0.2, -0.15) is 4.39 Å². The van der Waals surface area contributed by atoms with Crippen LogP contribution in [0.4, 0.5) is 4.39 Å². The highest BCUT2D eigenvalue weighted by Gasteiger charge is 2.13. The van der Waals surface area contributed by atoms with E-state index in [1.54, 1.807) is 0 Å². The molecule has 0 aliphatic heterocycles. The van der Waals surface area contributed by atoms with Gasteiger partial charge in [0.1, 0.15) is 6.73 Å². The summed E-state index contributed by atoms with van der Waals surface area (Å²) in [6, 6.07) is 1.03. The molecule has 0 saturated heterocycles. The van der Waals surface area contributed by atoms with Gasteiger partial charge in [0.05, 0.1) is 6.33 Å². The number of imidazole rings is 1. The van der Waals surface area contributed by atoms with Crippen LogP contribution in [0.5, 0.6) is 0 Å². The molecular formula is C10H17FN2O2Si. The molecule has 0 spiro atoms. The standard InChI is InChI=1S/C10H17FN2O2Si/c1-16(2,3)5-4-15-8-13-7-12-9(6-14)10(13)11/h6-7H,4-5,8H2,1-3H3. The maximum Gasteiger partial charge on any atom is 0.226 e. The fraction of sp³-hybridized carbons (Fsp3) is 0.600. The molecule has 0 radical (unpaired) electrons. The molecule has 1 aromatic rings. The third kappa shape index (κ3) is 3.86. The van der Waals surface area contributed by atoms with Crippen LogP contribution < -0.4 is 0 Å². The van der Waals surface area contributed by atoms with Crippen LogP contribution in [0.15, 0.2) is 6.33 Å². The van der Waals surface area contributed by atoms with Gasteiger partial charge in [0.15, 0.2) is 12.0 Å². The lowest BCUT2D eigenvalue weighted by atomic mass is 10.5. The Morgan fingerprint density at radius 1 is 1.56 bits per heavy atom. The number of aromatic nitrogens is 2. The summed E-state index contributed by atoms with van der Waals surface area (Å²) < 4.78 is 19.8. The van der Waals surface area contributed by atoms with E-state index >= 15 is 0 Å². The van der Waals surface area contributed by atoms with Gasteiger partial charge in [-0.05, 0) is 6.04 Å². The Hall–Kier alpha value is -1.01. The molecule has 0 aliphatic carbocycles. The number of ether oxygens (including phenoxy) is 1. The monoisotopic (exact) mass is 244 g/mol. The molecule has 6 heteroatoms. The van der Waals surface area contributed by atoms with Crippen LogP contribution in [0, 0.1) is 5.95 Å². The van der Waals surface area contributed by atoms with Gasteiger partial charge in [-0.1, -0.05) is 19.6 Å². The highest BCUT2D eigenvalue weighted by Crippen LogP contribution is 2.08. The quantitative estimate of drug-likeness (QED) is 0.437. The lowest BCUT2D eigenvalue weighted by Gasteiger charge is -2.15. The average Bonchev–Trinajstić information content (AvgIpc) is 2.53. The molecule has 0 saturated carbocycles. The van der Waals surface area contributed by atoms with Gasteiger partial charge < -0.3 is 4.74 Å². The first-order chi connectivity index (χ1) is 7.44. The molecule has 0 unspecified atom stereocenters. The zero-order chi connectivity index (χ0) is 12.2. The van der Waals surface area contributed by atoms with Crippen LogP contribution in [-0.2, 0) is 11.5 Å². The van der Waals surface area contributed by atoms with Gasteiger partial charge in [-0.3, -0.25) is 9.36 Å². The van der Waals surface area contributed by atoms with Crippen LogP contribution in [0.25, 0.3) is 0 Å². The van der Waals surface area contributed by atoms with Crippen molar-refractivity contribution in [1.82, 2.24) is 9.55 Å². The topological polar surface area (TPSA) is 44.1 Å². The first-order valence-corrected chi connectivity index (χ1v) is 8.88. The fourth-order valence-corrected chi connectivity index (χ4v) is 1.85. The Labute approximate surface area is 95.4 Å². The van der Waals surface area contributed by atoms with Gasteiger partial charge in [0.25, 0.3) is 0 Å². The van der Waals surface area contributed by atoms with E-state index < -0.39 is 14.0 Å². The maximum atomic E-state index is 13.3. The molecule has 4 nitrogen and oxygen atoms in total. The van der Waals surface area contributed by atoms with Gasteiger partial charge >= 0.3 is 0 Å². The SMILES string of the molecule is C[Si](C)(C)CCOCn1cnc(C=O)c1F. The number of aldehydes is 1. The van der Waals surface area contributed by atoms with Crippen LogP contribution in [0.1, 0.15) is 10.5 Å². The lowest BCUT2D eigenvalue weighted by molar-refractivity contribution is 0.0792. The van der Waals surface area contributed by atoms with Gasteiger partial charge in [0, 0.05) is 14.7 Å². The number of carbonyl (C=O) groups is 1. The van der Waals surface area contributed by atoms with Crippen molar-refractivity contribution in [3.63, 3.8) is 0 Å². The summed E-state index contributed by atoms with van der Waals surface area (Å²) in [6.07, 6.45) is 1.67. The summed E-state index contributed by atoms with van der Waals surface area (Å²) in [7, 11) is -1.11. The summed E-state index contributed by atoms with van der Waals surface area (Å²) in [5, 5.41) is 0. The van der Waals surface area contributed by atoms with Crippen LogP contribution >= 0.6 is 0 Å². The number of halogens is 1. The molecule has 1 heterocycles. The largest absolute Gasteiger partial charge is 0.361 e. The second kappa shape index (κ2) is 5.36. The normalized spacial score (nSPS) is 11.8. The molecule has 1 aromatic heterocycles. The zero-order valence-electron chi connectivity index (χ0n) is 9.86. The van der Waals surface area contributed by atoms with E-state index in [0.29, 0.717) is 12.9 Å². The predicted octanol–water partition coefficient (Wildman–Crippen LogP) is 2.15. The van der Waals surface area contributed by atoms with Crippen LogP contribution in [0.2, 0.25) is 25.7 Å². The number of rotatable bonds is 6. The van der Waals surface area contributed by atoms with Crippen molar-refractivity contribution in [3.05, 3.63) is 18.0 Å². The smallest absolute Gasteiger partial charge is 0.226 e. The molecule has 0 aromatic carbocycles. The lowest BCUT2D eigenvalue weighted by Crippen LogP contribution is -2.22. The molecule has 0 amide bonds. The van der Waals surface area contributed by atoms with E-state index in [0.717, 1.165) is 6.04 Å². The highest BCUT2D eigenvalue weighted by molar-refractivity contribution is 6.76. The Morgan fingerprint density at radius 3 is 2.75 bits per heavy atom. The Kier molecular flexibility index (Phi) is 4.37. The van der Waals surface area contributed by atoms with Crippen molar-refractivity contribution in [3.8, 4) is 0 Å². The predicted molar refractivity (Wildman–Crippen MR) is 61.7 cm³/mol. The molecule has 0 bridgehead atoms. The number of hydrogen-bond donors (Lipinski definition) is 0. The summed E-state index contributed by atoms with van der Waals surface area (Å²) in [4.78, 5) is 14.0. The van der Waals surface area contributed by atoms with E-state index in [1.807, 2.05) is 0 Å². The van der Waals surface area contributed by atoms with Crippen molar-refractivity contribution >= 4 is 14.4 Å². The molecule has 16 heavy (non-hydrogen) atoms. The third-order valence-electron chi connectivity index (χ3n) is 2.14. The molecule has 0 N–H and O–H groups in total. The maximum absolute atomic E-state index is 13.3. The minimum Gasteiger partial charge on any atom is -0.361 e. The minimum atomic E-state index is -1.11. The first-order valence-electron chi connectivity index (χ1n) is 5.17. The number of carbonyl (C=O) groups excluding carboxylic acids is 1. The van der Waals surface area contributed by atoms with E-state index in [4.69, 9.17) is 4.74 Å². The Balaban J connectivity index is 2.38. The van der Waals surface area contributed by atoms with E-state index in [1.165, 1.54) is 10.9 Å². The van der Waals surface area contributed by atoms with Crippen molar-refractivity contribution in [1.29, 1.82) is 0 Å². The molecule has 0 atom stereocenters. The summed E-state index contributed by atoms with van der Waals surface area (Å²) in [6.45, 7) is 7.47. The first kappa shape index (κ1) is 13.1. The zero-order valence-corrected chi connectivity index (χ0v) is 10.9. The molecule has 0 fully saturated rings. The van der Waals surface area contributed by atoms with Crippen molar-refractivity contribution in [2.75, 3.05) is 6.61 Å². The van der Waals surface area contributed by atoms with Crippen molar-refractivity contribution < 1.29 is 13.9 Å². The minimum absolute atomic E-state index is 0.108. The van der Waals surface area contributed by atoms with Gasteiger partial charge in [0.2, 0.25) is 5.95 Å². The molecule has 0 aliphatic rings. The number of nitrogens with zero attached hydrogens (tertiary/aromatic N) is 2. The van der Waals surface area contributed by atoms with E-state index in [2.05, 4.69) is 24.6 Å². The Bertz CT molecular complexity index is 360. The molecular weight excluding hydrogens is 227 g/mol. The van der Waals surface area contributed by atoms with Crippen molar-refractivity contribution in [2.24, 2.45) is 0 Å². The van der Waals surface area contributed by atoms with Crippen LogP contribution in [-0.4, -0.2) is 30.5 Å². The summed E-state index contributed by atoms with van der Waals surface area (Å²) >= 11 is 0. The second-order valence-electron chi connectivity index (χ2n) is 4.86. The van der Waals surface area contributed by atoms with Crippen LogP contribution in [0.3, 0.4) is 0 Å².